The second-order valence-corrected chi connectivity index (χ2v) is 6.54. The SMILES string of the molecule is Cc1ccc(NC(=O)c2ccc(-c3cc(C(F)(F)F)ccc3Cl)o2)c(C)c1. The van der Waals surface area contributed by atoms with E-state index in [1.807, 2.05) is 26.0 Å². The van der Waals surface area contributed by atoms with E-state index in [1.54, 1.807) is 6.07 Å². The molecule has 0 radical (unpaired) electrons. The third-order valence-corrected chi connectivity index (χ3v) is 4.35. The number of amides is 1. The van der Waals surface area contributed by atoms with Crippen LogP contribution in [-0.2, 0) is 6.18 Å². The molecule has 0 atom stereocenters. The monoisotopic (exact) mass is 393 g/mol. The van der Waals surface area contributed by atoms with Crippen LogP contribution in [0.5, 0.6) is 0 Å². The van der Waals surface area contributed by atoms with Gasteiger partial charge in [-0.25, -0.2) is 0 Å². The number of halogens is 4. The Labute approximate surface area is 158 Å². The molecule has 2 aromatic carbocycles. The van der Waals surface area contributed by atoms with Crippen molar-refractivity contribution in [3.63, 3.8) is 0 Å². The molecule has 1 aromatic heterocycles. The number of hydrogen-bond donors (Lipinski definition) is 1. The fraction of sp³-hybridized carbons (Fsp3) is 0.150. The van der Waals surface area contributed by atoms with Crippen LogP contribution in [0.15, 0.2) is 52.9 Å². The van der Waals surface area contributed by atoms with Crippen molar-refractivity contribution in [1.82, 2.24) is 0 Å². The van der Waals surface area contributed by atoms with Gasteiger partial charge in [-0.2, -0.15) is 13.2 Å². The van der Waals surface area contributed by atoms with Gasteiger partial charge in [-0.1, -0.05) is 29.3 Å². The van der Waals surface area contributed by atoms with Gasteiger partial charge in [0.2, 0.25) is 0 Å². The fourth-order valence-electron chi connectivity index (χ4n) is 2.63. The molecular formula is C20H15ClF3NO2. The average Bonchev–Trinajstić information content (AvgIpc) is 3.06. The number of anilines is 1. The van der Waals surface area contributed by atoms with Crippen molar-refractivity contribution in [2.45, 2.75) is 20.0 Å². The number of nitrogens with one attached hydrogen (secondary N) is 1. The van der Waals surface area contributed by atoms with Gasteiger partial charge in [0.1, 0.15) is 5.76 Å². The first-order valence-electron chi connectivity index (χ1n) is 8.01. The number of furan rings is 1. The van der Waals surface area contributed by atoms with Crippen LogP contribution in [0.1, 0.15) is 27.2 Å². The molecule has 140 valence electrons. The van der Waals surface area contributed by atoms with E-state index in [9.17, 15) is 18.0 Å². The highest BCUT2D eigenvalue weighted by Gasteiger charge is 2.31. The minimum Gasteiger partial charge on any atom is -0.451 e. The predicted octanol–water partition coefficient (Wildman–Crippen LogP) is 6.49. The van der Waals surface area contributed by atoms with Crippen LogP contribution in [0.25, 0.3) is 11.3 Å². The number of rotatable bonds is 3. The summed E-state index contributed by atoms with van der Waals surface area (Å²) in [6.45, 7) is 3.80. The molecular weight excluding hydrogens is 379 g/mol. The molecule has 0 saturated carbocycles. The highest BCUT2D eigenvalue weighted by Crippen LogP contribution is 2.36. The van der Waals surface area contributed by atoms with Gasteiger partial charge in [0.05, 0.1) is 10.6 Å². The van der Waals surface area contributed by atoms with Crippen LogP contribution < -0.4 is 5.32 Å². The Morgan fingerprint density at radius 1 is 1.04 bits per heavy atom. The zero-order valence-corrected chi connectivity index (χ0v) is 15.2. The number of carbonyl (C=O) groups is 1. The molecule has 0 aliphatic rings. The topological polar surface area (TPSA) is 42.2 Å². The fourth-order valence-corrected chi connectivity index (χ4v) is 2.84. The van der Waals surface area contributed by atoms with E-state index in [2.05, 4.69) is 5.32 Å². The molecule has 7 heteroatoms. The lowest BCUT2D eigenvalue weighted by atomic mass is 10.1. The van der Waals surface area contributed by atoms with Gasteiger partial charge in [0, 0.05) is 11.3 Å². The number of benzene rings is 2. The Balaban J connectivity index is 1.87. The Kier molecular flexibility index (Phi) is 5.02. The summed E-state index contributed by atoms with van der Waals surface area (Å²) in [5.41, 5.74) is 1.79. The van der Waals surface area contributed by atoms with Gasteiger partial charge >= 0.3 is 6.18 Å². The first-order chi connectivity index (χ1) is 12.6. The van der Waals surface area contributed by atoms with Crippen LogP contribution >= 0.6 is 11.6 Å². The maximum atomic E-state index is 12.9. The van der Waals surface area contributed by atoms with E-state index < -0.39 is 17.6 Å². The number of aryl methyl sites for hydroxylation is 2. The summed E-state index contributed by atoms with van der Waals surface area (Å²) in [5.74, 6) is -0.452. The van der Waals surface area contributed by atoms with Crippen molar-refractivity contribution in [3.8, 4) is 11.3 Å². The summed E-state index contributed by atoms with van der Waals surface area (Å²) in [7, 11) is 0. The molecule has 1 amide bonds. The van der Waals surface area contributed by atoms with Gasteiger partial charge < -0.3 is 9.73 Å². The summed E-state index contributed by atoms with van der Waals surface area (Å²) >= 11 is 6.01. The largest absolute Gasteiger partial charge is 0.451 e. The first-order valence-corrected chi connectivity index (χ1v) is 8.38. The lowest BCUT2D eigenvalue weighted by Gasteiger charge is -2.09. The van der Waals surface area contributed by atoms with E-state index in [4.69, 9.17) is 16.0 Å². The third kappa shape index (κ3) is 4.17. The molecule has 0 saturated heterocycles. The van der Waals surface area contributed by atoms with Crippen LogP contribution in [0.3, 0.4) is 0 Å². The van der Waals surface area contributed by atoms with Crippen molar-refractivity contribution in [2.24, 2.45) is 0 Å². The number of hydrogen-bond acceptors (Lipinski definition) is 2. The van der Waals surface area contributed by atoms with Gasteiger partial charge in [-0.15, -0.1) is 0 Å². The highest BCUT2D eigenvalue weighted by atomic mass is 35.5. The molecule has 0 spiro atoms. The quantitative estimate of drug-likeness (QED) is 0.552. The maximum absolute atomic E-state index is 12.9. The molecule has 1 heterocycles. The maximum Gasteiger partial charge on any atom is 0.416 e. The Morgan fingerprint density at radius 2 is 1.78 bits per heavy atom. The van der Waals surface area contributed by atoms with Crippen LogP contribution in [-0.4, -0.2) is 5.91 Å². The molecule has 27 heavy (non-hydrogen) atoms. The zero-order chi connectivity index (χ0) is 19.8. The van der Waals surface area contributed by atoms with E-state index >= 15 is 0 Å². The molecule has 0 aliphatic heterocycles. The second kappa shape index (κ2) is 7.12. The lowest BCUT2D eigenvalue weighted by molar-refractivity contribution is -0.137. The van der Waals surface area contributed by atoms with Gasteiger partial charge in [0.15, 0.2) is 5.76 Å². The number of alkyl halides is 3. The third-order valence-electron chi connectivity index (χ3n) is 4.02. The molecule has 1 N–H and O–H groups in total. The molecule has 0 unspecified atom stereocenters. The summed E-state index contributed by atoms with van der Waals surface area (Å²) < 4.78 is 44.2. The summed E-state index contributed by atoms with van der Waals surface area (Å²) in [5, 5.41) is 2.82. The van der Waals surface area contributed by atoms with E-state index in [-0.39, 0.29) is 22.1 Å². The first kappa shape index (κ1) is 19.0. The Morgan fingerprint density at radius 3 is 2.44 bits per heavy atom. The zero-order valence-electron chi connectivity index (χ0n) is 14.4. The Hall–Kier alpha value is -2.73. The van der Waals surface area contributed by atoms with Crippen molar-refractivity contribution >= 4 is 23.2 Å². The summed E-state index contributed by atoms with van der Waals surface area (Å²) in [4.78, 5) is 12.4. The predicted molar refractivity (Wildman–Crippen MR) is 98.0 cm³/mol. The number of carbonyl (C=O) groups excluding carboxylic acids is 1. The van der Waals surface area contributed by atoms with Gasteiger partial charge in [0.25, 0.3) is 5.91 Å². The normalized spacial score (nSPS) is 11.5. The highest BCUT2D eigenvalue weighted by molar-refractivity contribution is 6.33. The molecule has 0 fully saturated rings. The van der Waals surface area contributed by atoms with Crippen molar-refractivity contribution in [3.05, 3.63) is 76.0 Å². The van der Waals surface area contributed by atoms with Gasteiger partial charge in [-0.3, -0.25) is 4.79 Å². The second-order valence-electron chi connectivity index (χ2n) is 6.13. The van der Waals surface area contributed by atoms with Crippen LogP contribution in [0.2, 0.25) is 5.02 Å². The van der Waals surface area contributed by atoms with Crippen molar-refractivity contribution in [1.29, 1.82) is 0 Å². The van der Waals surface area contributed by atoms with Crippen molar-refractivity contribution in [2.75, 3.05) is 5.32 Å². The van der Waals surface area contributed by atoms with Gasteiger partial charge in [-0.05, 0) is 55.8 Å². The van der Waals surface area contributed by atoms with Crippen LogP contribution in [0.4, 0.5) is 18.9 Å². The summed E-state index contributed by atoms with van der Waals surface area (Å²) in [6, 6.07) is 11.3. The van der Waals surface area contributed by atoms with Crippen LogP contribution in [0, 0.1) is 13.8 Å². The Bertz CT molecular complexity index is 1010. The molecule has 0 bridgehead atoms. The average molecular weight is 394 g/mol. The molecule has 3 aromatic rings. The lowest BCUT2D eigenvalue weighted by Crippen LogP contribution is -2.11. The van der Waals surface area contributed by atoms with E-state index in [0.717, 1.165) is 29.3 Å². The standard InChI is InChI=1S/C20H15ClF3NO2/c1-11-3-6-16(12(2)9-11)25-19(26)18-8-7-17(27-18)14-10-13(20(22,23)24)4-5-15(14)21/h3-10H,1-2H3,(H,25,26). The molecule has 3 rings (SSSR count). The minimum absolute atomic E-state index is 0.0292. The molecule has 3 nitrogen and oxygen atoms in total. The minimum atomic E-state index is -4.50. The van der Waals surface area contributed by atoms with Crippen molar-refractivity contribution < 1.29 is 22.4 Å². The summed E-state index contributed by atoms with van der Waals surface area (Å²) in [6.07, 6.45) is -4.50. The smallest absolute Gasteiger partial charge is 0.416 e. The molecule has 0 aliphatic carbocycles. The van der Waals surface area contributed by atoms with E-state index in [1.165, 1.54) is 12.1 Å². The van der Waals surface area contributed by atoms with E-state index in [0.29, 0.717) is 5.69 Å².